The number of benzene rings is 2. The van der Waals surface area contributed by atoms with E-state index in [0.717, 1.165) is 30.7 Å². The van der Waals surface area contributed by atoms with E-state index in [-0.39, 0.29) is 17.4 Å². The molecule has 3 rings (SSSR count). The van der Waals surface area contributed by atoms with Crippen LogP contribution in [0.2, 0.25) is 0 Å². The number of ether oxygens (including phenoxy) is 2. The molecule has 0 bridgehead atoms. The molecule has 0 spiro atoms. The number of nitrogens with zero attached hydrogens (tertiary/aromatic N) is 1. The molecule has 1 atom stereocenters. The van der Waals surface area contributed by atoms with Crippen molar-refractivity contribution in [3.8, 4) is 11.5 Å². The van der Waals surface area contributed by atoms with Crippen LogP contribution in [0.25, 0.3) is 0 Å². The van der Waals surface area contributed by atoms with E-state index < -0.39 is 0 Å². The number of rotatable bonds is 7. The van der Waals surface area contributed by atoms with Crippen LogP contribution in [0.3, 0.4) is 0 Å². The summed E-state index contributed by atoms with van der Waals surface area (Å²) in [6.45, 7) is 8.45. The predicted octanol–water partition coefficient (Wildman–Crippen LogP) is 3.84. The van der Waals surface area contributed by atoms with Gasteiger partial charge in [0.25, 0.3) is 0 Å². The van der Waals surface area contributed by atoms with Crippen molar-refractivity contribution in [2.45, 2.75) is 46.2 Å². The summed E-state index contributed by atoms with van der Waals surface area (Å²) in [6.07, 6.45) is 1.73. The van der Waals surface area contributed by atoms with Crippen LogP contribution in [0.4, 0.5) is 0 Å². The minimum atomic E-state index is -0.233. The van der Waals surface area contributed by atoms with Gasteiger partial charge in [0.1, 0.15) is 0 Å². The fourth-order valence-corrected chi connectivity index (χ4v) is 4.02. The second kappa shape index (κ2) is 9.52. The standard InChI is InChI=1S/C25H34N2O3/c1-25(2,3)23(26-13-11-18-9-7-6-8-10-18)24(28)27-14-12-19-15-21(29-4)22(30-5)16-20(19)17-27/h6-10,15-16,23,26H,11-14,17H2,1-5H3/t23-/m1/s1. The number of fused-ring (bicyclic) bond motifs is 1. The summed E-state index contributed by atoms with van der Waals surface area (Å²) in [5, 5.41) is 3.53. The third-order valence-electron chi connectivity index (χ3n) is 5.75. The van der Waals surface area contributed by atoms with Gasteiger partial charge in [-0.15, -0.1) is 0 Å². The van der Waals surface area contributed by atoms with E-state index >= 15 is 0 Å². The number of hydrogen-bond acceptors (Lipinski definition) is 4. The number of amides is 1. The number of nitrogens with one attached hydrogen (secondary N) is 1. The van der Waals surface area contributed by atoms with Crippen molar-refractivity contribution >= 4 is 5.91 Å². The molecular formula is C25H34N2O3. The molecule has 1 heterocycles. The maximum absolute atomic E-state index is 13.5. The number of hydrogen-bond donors (Lipinski definition) is 1. The van der Waals surface area contributed by atoms with E-state index in [0.29, 0.717) is 18.8 Å². The third kappa shape index (κ3) is 5.14. The SMILES string of the molecule is COc1cc2c(cc1OC)CN(C(=O)[C@@H](NCCc1ccccc1)C(C)(C)C)CC2. The Morgan fingerprint density at radius 1 is 1.07 bits per heavy atom. The number of methoxy groups -OCH3 is 2. The molecule has 0 saturated heterocycles. The molecule has 0 fully saturated rings. The van der Waals surface area contributed by atoms with Gasteiger partial charge in [0.05, 0.1) is 20.3 Å². The van der Waals surface area contributed by atoms with E-state index in [1.54, 1.807) is 14.2 Å². The highest BCUT2D eigenvalue weighted by Crippen LogP contribution is 2.34. The van der Waals surface area contributed by atoms with Gasteiger partial charge in [-0.1, -0.05) is 51.1 Å². The lowest BCUT2D eigenvalue weighted by Crippen LogP contribution is -2.54. The Labute approximate surface area is 180 Å². The largest absolute Gasteiger partial charge is 0.493 e. The molecule has 0 saturated carbocycles. The lowest BCUT2D eigenvalue weighted by molar-refractivity contribution is -0.137. The van der Waals surface area contributed by atoms with Crippen LogP contribution in [0.1, 0.15) is 37.5 Å². The van der Waals surface area contributed by atoms with Gasteiger partial charge < -0.3 is 19.7 Å². The van der Waals surface area contributed by atoms with Crippen LogP contribution < -0.4 is 14.8 Å². The predicted molar refractivity (Wildman–Crippen MR) is 120 cm³/mol. The molecule has 1 amide bonds. The third-order valence-corrected chi connectivity index (χ3v) is 5.75. The first-order chi connectivity index (χ1) is 14.3. The highest BCUT2D eigenvalue weighted by atomic mass is 16.5. The quantitative estimate of drug-likeness (QED) is 0.754. The van der Waals surface area contributed by atoms with Crippen molar-refractivity contribution in [3.63, 3.8) is 0 Å². The minimum absolute atomic E-state index is 0.163. The molecule has 0 unspecified atom stereocenters. The number of carbonyl (C=O) groups is 1. The van der Waals surface area contributed by atoms with Crippen LogP contribution in [-0.2, 0) is 24.2 Å². The van der Waals surface area contributed by atoms with Crippen LogP contribution in [-0.4, -0.2) is 44.2 Å². The normalized spacial score (nSPS) is 14.8. The van der Waals surface area contributed by atoms with Crippen molar-refractivity contribution in [2.24, 2.45) is 5.41 Å². The summed E-state index contributed by atoms with van der Waals surface area (Å²) in [4.78, 5) is 15.5. The molecule has 2 aromatic carbocycles. The Balaban J connectivity index is 1.70. The summed E-state index contributed by atoms with van der Waals surface area (Å²) in [7, 11) is 3.29. The topological polar surface area (TPSA) is 50.8 Å². The first kappa shape index (κ1) is 22.2. The van der Waals surface area contributed by atoms with Gasteiger partial charge in [-0.2, -0.15) is 0 Å². The van der Waals surface area contributed by atoms with Gasteiger partial charge in [0, 0.05) is 13.1 Å². The Kier molecular flexibility index (Phi) is 7.03. The van der Waals surface area contributed by atoms with Crippen molar-refractivity contribution in [3.05, 3.63) is 59.2 Å². The first-order valence-corrected chi connectivity index (χ1v) is 10.6. The van der Waals surface area contributed by atoms with Crippen molar-refractivity contribution in [1.82, 2.24) is 10.2 Å². The minimum Gasteiger partial charge on any atom is -0.493 e. The van der Waals surface area contributed by atoms with Crippen molar-refractivity contribution in [2.75, 3.05) is 27.3 Å². The van der Waals surface area contributed by atoms with E-state index in [4.69, 9.17) is 9.47 Å². The Bertz CT molecular complexity index is 859. The molecule has 30 heavy (non-hydrogen) atoms. The van der Waals surface area contributed by atoms with E-state index in [1.165, 1.54) is 11.1 Å². The molecule has 0 radical (unpaired) electrons. The van der Waals surface area contributed by atoms with Gasteiger partial charge in [0.2, 0.25) is 5.91 Å². The average molecular weight is 411 g/mol. The summed E-state index contributed by atoms with van der Waals surface area (Å²) in [5.41, 5.74) is 3.45. The fraction of sp³-hybridized carbons (Fsp3) is 0.480. The highest BCUT2D eigenvalue weighted by Gasteiger charge is 2.35. The zero-order valence-corrected chi connectivity index (χ0v) is 18.8. The molecule has 1 aliphatic heterocycles. The zero-order valence-electron chi connectivity index (χ0n) is 18.8. The zero-order chi connectivity index (χ0) is 21.7. The fourth-order valence-electron chi connectivity index (χ4n) is 4.02. The lowest BCUT2D eigenvalue weighted by Gasteiger charge is -2.37. The molecule has 1 N–H and O–H groups in total. The van der Waals surface area contributed by atoms with E-state index in [9.17, 15) is 4.79 Å². The maximum Gasteiger partial charge on any atom is 0.240 e. The van der Waals surface area contributed by atoms with Crippen LogP contribution >= 0.6 is 0 Å². The summed E-state index contributed by atoms with van der Waals surface area (Å²) >= 11 is 0. The van der Waals surface area contributed by atoms with Crippen LogP contribution in [0, 0.1) is 5.41 Å². The molecule has 2 aromatic rings. The van der Waals surface area contributed by atoms with Gasteiger partial charge in [-0.3, -0.25) is 4.79 Å². The molecule has 1 aliphatic rings. The Hall–Kier alpha value is -2.53. The maximum atomic E-state index is 13.5. The molecule has 5 nitrogen and oxygen atoms in total. The Morgan fingerprint density at radius 2 is 1.70 bits per heavy atom. The van der Waals surface area contributed by atoms with E-state index in [2.05, 4.69) is 50.4 Å². The lowest BCUT2D eigenvalue weighted by atomic mass is 9.85. The Morgan fingerprint density at radius 3 is 2.30 bits per heavy atom. The molecular weight excluding hydrogens is 376 g/mol. The molecule has 0 aromatic heterocycles. The first-order valence-electron chi connectivity index (χ1n) is 10.6. The number of carbonyl (C=O) groups excluding carboxylic acids is 1. The van der Waals surface area contributed by atoms with Crippen LogP contribution in [0.15, 0.2) is 42.5 Å². The monoisotopic (exact) mass is 410 g/mol. The van der Waals surface area contributed by atoms with Gasteiger partial charge in [-0.05, 0) is 53.6 Å². The summed E-state index contributed by atoms with van der Waals surface area (Å²) in [5.74, 6) is 1.61. The average Bonchev–Trinajstić information content (AvgIpc) is 2.74. The second-order valence-corrected chi connectivity index (χ2v) is 8.97. The summed E-state index contributed by atoms with van der Waals surface area (Å²) < 4.78 is 10.9. The molecule has 162 valence electrons. The smallest absolute Gasteiger partial charge is 0.240 e. The molecule has 0 aliphatic carbocycles. The van der Waals surface area contributed by atoms with Crippen molar-refractivity contribution < 1.29 is 14.3 Å². The van der Waals surface area contributed by atoms with Gasteiger partial charge >= 0.3 is 0 Å². The molecule has 5 heteroatoms. The van der Waals surface area contributed by atoms with Crippen molar-refractivity contribution in [1.29, 1.82) is 0 Å². The van der Waals surface area contributed by atoms with Crippen LogP contribution in [0.5, 0.6) is 11.5 Å². The summed E-state index contributed by atoms with van der Waals surface area (Å²) in [6, 6.07) is 14.2. The highest BCUT2D eigenvalue weighted by molar-refractivity contribution is 5.83. The second-order valence-electron chi connectivity index (χ2n) is 8.97. The van der Waals surface area contributed by atoms with Gasteiger partial charge in [0.15, 0.2) is 11.5 Å². The van der Waals surface area contributed by atoms with E-state index in [1.807, 2.05) is 23.1 Å². The van der Waals surface area contributed by atoms with Gasteiger partial charge in [-0.25, -0.2) is 0 Å².